The van der Waals surface area contributed by atoms with E-state index in [0.29, 0.717) is 18.7 Å². The van der Waals surface area contributed by atoms with Crippen molar-refractivity contribution in [3.63, 3.8) is 0 Å². The van der Waals surface area contributed by atoms with Gasteiger partial charge in [0.1, 0.15) is 0 Å². The number of anilines is 2. The van der Waals surface area contributed by atoms with Gasteiger partial charge in [0.25, 0.3) is 11.8 Å². The molecule has 0 aromatic heterocycles. The van der Waals surface area contributed by atoms with Crippen molar-refractivity contribution in [2.45, 2.75) is 20.8 Å². The van der Waals surface area contributed by atoms with Gasteiger partial charge in [-0.25, -0.2) is 0 Å². The van der Waals surface area contributed by atoms with Crippen LogP contribution in [-0.2, 0) is 0 Å². The molecule has 2 amide bonds. The molecule has 3 aromatic carbocycles. The van der Waals surface area contributed by atoms with Gasteiger partial charge in [0.2, 0.25) is 0 Å². The van der Waals surface area contributed by atoms with E-state index in [0.717, 1.165) is 46.7 Å². The largest absolute Gasteiger partial charge is 0.368 e. The van der Waals surface area contributed by atoms with Gasteiger partial charge < -0.3 is 15.1 Å². The molecule has 1 fully saturated rings. The van der Waals surface area contributed by atoms with Crippen molar-refractivity contribution in [2.75, 3.05) is 36.4 Å². The second kappa shape index (κ2) is 9.27. The van der Waals surface area contributed by atoms with Crippen molar-refractivity contribution < 1.29 is 9.59 Å². The van der Waals surface area contributed by atoms with Crippen LogP contribution >= 0.6 is 0 Å². The van der Waals surface area contributed by atoms with E-state index >= 15 is 0 Å². The first-order chi connectivity index (χ1) is 15.4. The minimum Gasteiger partial charge on any atom is -0.368 e. The number of aryl methyl sites for hydroxylation is 3. The summed E-state index contributed by atoms with van der Waals surface area (Å²) in [6, 6.07) is 21.5. The minimum atomic E-state index is -0.0985. The van der Waals surface area contributed by atoms with Crippen LogP contribution in [0.2, 0.25) is 0 Å². The van der Waals surface area contributed by atoms with E-state index in [-0.39, 0.29) is 11.8 Å². The van der Waals surface area contributed by atoms with Crippen LogP contribution in [0.1, 0.15) is 37.4 Å². The average Bonchev–Trinajstić information content (AvgIpc) is 2.79. The van der Waals surface area contributed by atoms with Gasteiger partial charge in [-0.05, 0) is 68.3 Å². The maximum absolute atomic E-state index is 12.8. The molecule has 0 spiro atoms. The Labute approximate surface area is 189 Å². The van der Waals surface area contributed by atoms with E-state index in [1.807, 2.05) is 92.4 Å². The summed E-state index contributed by atoms with van der Waals surface area (Å²) in [4.78, 5) is 29.7. The smallest absolute Gasteiger partial charge is 0.255 e. The standard InChI is InChI=1S/C27H29N3O2/c1-19-8-13-24(21(3)18-19)26(31)28-22-9-11-23(12-10-22)29-14-16-30(17-15-29)27(32)25-7-5-4-6-20(25)2/h4-13,18H,14-17H2,1-3H3,(H,28,31). The Kier molecular flexibility index (Phi) is 6.26. The zero-order chi connectivity index (χ0) is 22.7. The molecule has 0 radical (unpaired) electrons. The number of hydrogen-bond donors (Lipinski definition) is 1. The summed E-state index contributed by atoms with van der Waals surface area (Å²) in [7, 11) is 0. The summed E-state index contributed by atoms with van der Waals surface area (Å²) in [6.07, 6.45) is 0. The molecule has 1 aliphatic heterocycles. The molecule has 0 saturated carbocycles. The number of benzene rings is 3. The van der Waals surface area contributed by atoms with Gasteiger partial charge >= 0.3 is 0 Å². The van der Waals surface area contributed by atoms with Crippen LogP contribution < -0.4 is 10.2 Å². The first-order valence-corrected chi connectivity index (χ1v) is 11.0. The van der Waals surface area contributed by atoms with Gasteiger partial charge in [-0.15, -0.1) is 0 Å². The lowest BCUT2D eigenvalue weighted by molar-refractivity contribution is 0.0746. The number of amides is 2. The zero-order valence-corrected chi connectivity index (χ0v) is 18.9. The fourth-order valence-corrected chi connectivity index (χ4v) is 4.17. The van der Waals surface area contributed by atoms with Crippen molar-refractivity contribution in [1.82, 2.24) is 4.90 Å². The van der Waals surface area contributed by atoms with Gasteiger partial charge in [0, 0.05) is 48.7 Å². The van der Waals surface area contributed by atoms with Gasteiger partial charge in [-0.1, -0.05) is 35.9 Å². The van der Waals surface area contributed by atoms with E-state index in [2.05, 4.69) is 10.2 Å². The van der Waals surface area contributed by atoms with Gasteiger partial charge in [0.15, 0.2) is 0 Å². The predicted molar refractivity (Wildman–Crippen MR) is 130 cm³/mol. The lowest BCUT2D eigenvalue weighted by atomic mass is 10.1. The normalized spacial score (nSPS) is 13.7. The average molecular weight is 428 g/mol. The summed E-state index contributed by atoms with van der Waals surface area (Å²) in [5.74, 6) is 0.00536. The summed E-state index contributed by atoms with van der Waals surface area (Å²) in [5, 5.41) is 2.98. The van der Waals surface area contributed by atoms with Crippen LogP contribution in [-0.4, -0.2) is 42.9 Å². The molecule has 5 nitrogen and oxygen atoms in total. The Morgan fingerprint density at radius 3 is 2.09 bits per heavy atom. The Morgan fingerprint density at radius 2 is 1.44 bits per heavy atom. The fraction of sp³-hybridized carbons (Fsp3) is 0.259. The molecule has 1 heterocycles. The maximum atomic E-state index is 12.8. The molecule has 0 aliphatic carbocycles. The molecular formula is C27H29N3O2. The quantitative estimate of drug-likeness (QED) is 0.649. The molecule has 1 N–H and O–H groups in total. The molecule has 3 aromatic rings. The van der Waals surface area contributed by atoms with Gasteiger partial charge in [0.05, 0.1) is 0 Å². The number of carbonyl (C=O) groups excluding carboxylic acids is 2. The molecular weight excluding hydrogens is 398 g/mol. The van der Waals surface area contributed by atoms with Gasteiger partial charge in [-0.3, -0.25) is 9.59 Å². The number of nitrogens with one attached hydrogen (secondary N) is 1. The SMILES string of the molecule is Cc1ccc(C(=O)Nc2ccc(N3CCN(C(=O)c4ccccc4C)CC3)cc2)c(C)c1. The summed E-state index contributed by atoms with van der Waals surface area (Å²) >= 11 is 0. The summed E-state index contributed by atoms with van der Waals surface area (Å²) < 4.78 is 0. The van der Waals surface area contributed by atoms with Crippen LogP contribution in [0.4, 0.5) is 11.4 Å². The second-order valence-corrected chi connectivity index (χ2v) is 8.41. The fourth-order valence-electron chi connectivity index (χ4n) is 4.17. The lowest BCUT2D eigenvalue weighted by Crippen LogP contribution is -2.48. The minimum absolute atomic E-state index is 0.0985. The lowest BCUT2D eigenvalue weighted by Gasteiger charge is -2.36. The maximum Gasteiger partial charge on any atom is 0.255 e. The highest BCUT2D eigenvalue weighted by Crippen LogP contribution is 2.22. The molecule has 1 aliphatic rings. The van der Waals surface area contributed by atoms with Crippen molar-refractivity contribution in [1.29, 1.82) is 0 Å². The Bertz CT molecular complexity index is 1130. The van der Waals surface area contributed by atoms with Crippen molar-refractivity contribution in [2.24, 2.45) is 0 Å². The molecule has 0 atom stereocenters. The number of hydrogen-bond acceptors (Lipinski definition) is 3. The number of piperazine rings is 1. The Morgan fingerprint density at radius 1 is 0.750 bits per heavy atom. The molecule has 32 heavy (non-hydrogen) atoms. The first-order valence-electron chi connectivity index (χ1n) is 11.0. The predicted octanol–water partition coefficient (Wildman–Crippen LogP) is 4.83. The van der Waals surface area contributed by atoms with E-state index in [4.69, 9.17) is 0 Å². The van der Waals surface area contributed by atoms with Gasteiger partial charge in [-0.2, -0.15) is 0 Å². The third kappa shape index (κ3) is 4.67. The van der Waals surface area contributed by atoms with E-state index < -0.39 is 0 Å². The van der Waals surface area contributed by atoms with Crippen molar-refractivity contribution in [3.05, 3.63) is 94.5 Å². The zero-order valence-electron chi connectivity index (χ0n) is 18.9. The second-order valence-electron chi connectivity index (χ2n) is 8.41. The Balaban J connectivity index is 1.35. The molecule has 0 bridgehead atoms. The Hall–Kier alpha value is -3.60. The highest BCUT2D eigenvalue weighted by Gasteiger charge is 2.23. The number of carbonyl (C=O) groups is 2. The molecule has 164 valence electrons. The van der Waals surface area contributed by atoms with E-state index in [1.54, 1.807) is 0 Å². The molecule has 5 heteroatoms. The number of nitrogens with zero attached hydrogens (tertiary/aromatic N) is 2. The first kappa shape index (κ1) is 21.6. The topological polar surface area (TPSA) is 52.7 Å². The summed E-state index contributed by atoms with van der Waals surface area (Å²) in [5.41, 5.74) is 6.46. The molecule has 1 saturated heterocycles. The van der Waals surface area contributed by atoms with Crippen LogP contribution in [0.3, 0.4) is 0 Å². The molecule has 4 rings (SSSR count). The van der Waals surface area contributed by atoms with E-state index in [1.165, 1.54) is 0 Å². The highest BCUT2D eigenvalue weighted by atomic mass is 16.2. The highest BCUT2D eigenvalue weighted by molar-refractivity contribution is 6.05. The third-order valence-electron chi connectivity index (χ3n) is 6.06. The van der Waals surface area contributed by atoms with Crippen LogP contribution in [0.5, 0.6) is 0 Å². The van der Waals surface area contributed by atoms with Crippen LogP contribution in [0, 0.1) is 20.8 Å². The van der Waals surface area contributed by atoms with Crippen LogP contribution in [0.25, 0.3) is 0 Å². The van der Waals surface area contributed by atoms with Crippen molar-refractivity contribution >= 4 is 23.2 Å². The molecule has 0 unspecified atom stereocenters. The number of rotatable bonds is 4. The monoisotopic (exact) mass is 427 g/mol. The van der Waals surface area contributed by atoms with E-state index in [9.17, 15) is 9.59 Å². The summed E-state index contributed by atoms with van der Waals surface area (Å²) in [6.45, 7) is 8.90. The third-order valence-corrected chi connectivity index (χ3v) is 6.06. The van der Waals surface area contributed by atoms with Crippen LogP contribution in [0.15, 0.2) is 66.7 Å². The van der Waals surface area contributed by atoms with Crippen molar-refractivity contribution in [3.8, 4) is 0 Å².